The number of esters is 1. The Balaban J connectivity index is 3.11. The fourth-order valence-electron chi connectivity index (χ4n) is 1.06. The zero-order valence-electron chi connectivity index (χ0n) is 8.34. The highest BCUT2D eigenvalue weighted by molar-refractivity contribution is 6.33. The predicted octanol–water partition coefficient (Wildman–Crippen LogP) is 2.66. The highest BCUT2D eigenvalue weighted by Gasteiger charge is 2.17. The average Bonchev–Trinajstić information content (AvgIpc) is 2.22. The lowest BCUT2D eigenvalue weighted by atomic mass is 10.2. The van der Waals surface area contributed by atoms with Gasteiger partial charge >= 0.3 is 5.97 Å². The highest BCUT2D eigenvalue weighted by atomic mass is 35.5. The Morgan fingerprint density at radius 2 is 2.20 bits per heavy atom. The van der Waals surface area contributed by atoms with Crippen LogP contribution in [-0.4, -0.2) is 19.7 Å². The lowest BCUT2D eigenvalue weighted by Gasteiger charge is -2.07. The van der Waals surface area contributed by atoms with Crippen LogP contribution < -0.4 is 4.74 Å². The van der Waals surface area contributed by atoms with Crippen LogP contribution >= 0.6 is 11.6 Å². The number of carbonyl (C=O) groups excluding carboxylic acids is 1. The summed E-state index contributed by atoms with van der Waals surface area (Å²) in [7, 11) is 1.32. The van der Waals surface area contributed by atoms with Crippen LogP contribution in [0, 0.1) is 5.82 Å². The monoisotopic (exact) mass is 232 g/mol. The van der Waals surface area contributed by atoms with Gasteiger partial charge in [0.15, 0.2) is 11.6 Å². The number of rotatable bonds is 3. The van der Waals surface area contributed by atoms with Crippen LogP contribution in [0.25, 0.3) is 0 Å². The molecule has 1 aromatic carbocycles. The molecule has 0 spiro atoms. The smallest absolute Gasteiger partial charge is 0.339 e. The van der Waals surface area contributed by atoms with E-state index in [2.05, 4.69) is 0 Å². The number of hydrogen-bond acceptors (Lipinski definition) is 3. The molecule has 82 valence electrons. The Kier molecular flexibility index (Phi) is 3.91. The number of methoxy groups -OCH3 is 1. The molecule has 0 bridgehead atoms. The van der Waals surface area contributed by atoms with Gasteiger partial charge in [-0.1, -0.05) is 11.6 Å². The van der Waals surface area contributed by atoms with Gasteiger partial charge in [-0.15, -0.1) is 0 Å². The summed E-state index contributed by atoms with van der Waals surface area (Å²) in [6.45, 7) is 1.87. The third-order valence-corrected chi connectivity index (χ3v) is 2.13. The Morgan fingerprint density at radius 3 is 2.73 bits per heavy atom. The summed E-state index contributed by atoms with van der Waals surface area (Å²) in [5, 5.41) is -0.284. The molecule has 0 saturated heterocycles. The maximum absolute atomic E-state index is 13.4. The van der Waals surface area contributed by atoms with Gasteiger partial charge in [0.25, 0.3) is 0 Å². The molecule has 0 aliphatic heterocycles. The normalized spacial score (nSPS) is 9.87. The topological polar surface area (TPSA) is 35.5 Å². The molecule has 0 atom stereocenters. The minimum Gasteiger partial charge on any atom is -0.494 e. The van der Waals surface area contributed by atoms with Crippen LogP contribution in [-0.2, 0) is 4.74 Å². The van der Waals surface area contributed by atoms with Crippen molar-refractivity contribution in [1.29, 1.82) is 0 Å². The fourth-order valence-corrected chi connectivity index (χ4v) is 1.29. The summed E-state index contributed by atoms with van der Waals surface area (Å²) in [6, 6.07) is 2.69. The molecule has 0 aromatic heterocycles. The van der Waals surface area contributed by atoms with Gasteiger partial charge in [0.2, 0.25) is 0 Å². The largest absolute Gasteiger partial charge is 0.494 e. The van der Waals surface area contributed by atoms with Crippen molar-refractivity contribution in [3.63, 3.8) is 0 Å². The van der Waals surface area contributed by atoms with Crippen LogP contribution in [0.15, 0.2) is 12.1 Å². The van der Waals surface area contributed by atoms with Crippen LogP contribution in [0.4, 0.5) is 4.39 Å². The first-order valence-electron chi connectivity index (χ1n) is 4.31. The SMILES string of the molecule is CCOC(=O)c1ccc(OC)c(F)c1Cl. The first kappa shape index (κ1) is 11.8. The van der Waals surface area contributed by atoms with E-state index in [4.69, 9.17) is 21.1 Å². The Labute approximate surface area is 91.7 Å². The van der Waals surface area contributed by atoms with Crippen LogP contribution in [0.1, 0.15) is 17.3 Å². The highest BCUT2D eigenvalue weighted by Crippen LogP contribution is 2.28. The van der Waals surface area contributed by atoms with Crippen LogP contribution in [0.3, 0.4) is 0 Å². The van der Waals surface area contributed by atoms with Gasteiger partial charge in [0.1, 0.15) is 0 Å². The van der Waals surface area contributed by atoms with Crippen molar-refractivity contribution in [3.05, 3.63) is 28.5 Å². The van der Waals surface area contributed by atoms with Gasteiger partial charge in [0.05, 0.1) is 24.3 Å². The Hall–Kier alpha value is -1.29. The summed E-state index contributed by atoms with van der Waals surface area (Å²) < 4.78 is 22.8. The number of halogens is 2. The molecule has 5 heteroatoms. The minimum atomic E-state index is -0.760. The molecule has 0 unspecified atom stereocenters. The van der Waals surface area contributed by atoms with E-state index in [1.807, 2.05) is 0 Å². The standard InChI is InChI=1S/C10H10ClFO3/c1-3-15-10(13)6-4-5-7(14-2)9(12)8(6)11/h4-5H,3H2,1-2H3. The number of hydrogen-bond donors (Lipinski definition) is 0. The molecule has 3 nitrogen and oxygen atoms in total. The van der Waals surface area contributed by atoms with Gasteiger partial charge in [-0.2, -0.15) is 0 Å². The minimum absolute atomic E-state index is 0.00295. The molecule has 0 heterocycles. The lowest BCUT2D eigenvalue weighted by Crippen LogP contribution is -2.06. The molecule has 0 amide bonds. The molecule has 0 aliphatic carbocycles. The predicted molar refractivity (Wildman–Crippen MR) is 53.9 cm³/mol. The van der Waals surface area contributed by atoms with Crippen molar-refractivity contribution >= 4 is 17.6 Å². The molecular weight excluding hydrogens is 223 g/mol. The maximum atomic E-state index is 13.4. The van der Waals surface area contributed by atoms with E-state index in [0.29, 0.717) is 0 Å². The Bertz CT molecular complexity index is 379. The van der Waals surface area contributed by atoms with Gasteiger partial charge in [-0.25, -0.2) is 9.18 Å². The average molecular weight is 233 g/mol. The first-order valence-corrected chi connectivity index (χ1v) is 4.68. The van der Waals surface area contributed by atoms with Crippen molar-refractivity contribution in [2.24, 2.45) is 0 Å². The third-order valence-electron chi connectivity index (χ3n) is 1.76. The lowest BCUT2D eigenvalue weighted by molar-refractivity contribution is 0.0526. The maximum Gasteiger partial charge on any atom is 0.339 e. The van der Waals surface area contributed by atoms with Crippen molar-refractivity contribution < 1.29 is 18.7 Å². The van der Waals surface area contributed by atoms with E-state index < -0.39 is 11.8 Å². The van der Waals surface area contributed by atoms with Gasteiger partial charge < -0.3 is 9.47 Å². The molecule has 1 rings (SSSR count). The van der Waals surface area contributed by atoms with E-state index >= 15 is 0 Å². The van der Waals surface area contributed by atoms with Crippen LogP contribution in [0.2, 0.25) is 5.02 Å². The fraction of sp³-hybridized carbons (Fsp3) is 0.300. The molecule has 0 N–H and O–H groups in total. The summed E-state index contributed by atoms with van der Waals surface area (Å²) in [5.41, 5.74) is -0.00295. The van der Waals surface area contributed by atoms with E-state index in [1.165, 1.54) is 19.2 Å². The van der Waals surface area contributed by atoms with E-state index in [-0.39, 0.29) is 22.9 Å². The first-order chi connectivity index (χ1) is 7.11. The van der Waals surface area contributed by atoms with E-state index in [0.717, 1.165) is 0 Å². The van der Waals surface area contributed by atoms with E-state index in [9.17, 15) is 9.18 Å². The molecular formula is C10H10ClFO3. The molecule has 15 heavy (non-hydrogen) atoms. The third kappa shape index (κ3) is 2.39. The second kappa shape index (κ2) is 4.98. The van der Waals surface area contributed by atoms with Crippen molar-refractivity contribution in [1.82, 2.24) is 0 Å². The number of carbonyl (C=O) groups is 1. The zero-order chi connectivity index (χ0) is 11.4. The molecule has 1 aromatic rings. The van der Waals surface area contributed by atoms with Crippen LogP contribution in [0.5, 0.6) is 5.75 Å². The molecule has 0 radical (unpaired) electrons. The van der Waals surface area contributed by atoms with Crippen molar-refractivity contribution in [2.75, 3.05) is 13.7 Å². The zero-order valence-corrected chi connectivity index (χ0v) is 9.10. The molecule has 0 fully saturated rings. The van der Waals surface area contributed by atoms with E-state index in [1.54, 1.807) is 6.92 Å². The second-order valence-electron chi connectivity index (χ2n) is 2.66. The summed E-state index contributed by atoms with van der Waals surface area (Å²) in [5.74, 6) is -1.41. The summed E-state index contributed by atoms with van der Waals surface area (Å²) >= 11 is 5.65. The van der Waals surface area contributed by atoms with Crippen molar-refractivity contribution in [2.45, 2.75) is 6.92 Å². The quantitative estimate of drug-likeness (QED) is 0.752. The number of benzene rings is 1. The van der Waals surface area contributed by atoms with Gasteiger partial charge in [0, 0.05) is 0 Å². The molecule has 0 saturated carbocycles. The number of ether oxygens (including phenoxy) is 2. The Morgan fingerprint density at radius 1 is 1.53 bits per heavy atom. The van der Waals surface area contributed by atoms with Gasteiger partial charge in [-0.3, -0.25) is 0 Å². The summed E-state index contributed by atoms with van der Waals surface area (Å²) in [4.78, 5) is 11.3. The second-order valence-corrected chi connectivity index (χ2v) is 3.04. The summed E-state index contributed by atoms with van der Waals surface area (Å²) in [6.07, 6.45) is 0. The van der Waals surface area contributed by atoms with Gasteiger partial charge in [-0.05, 0) is 19.1 Å². The van der Waals surface area contributed by atoms with Crippen molar-refractivity contribution in [3.8, 4) is 5.75 Å². The molecule has 0 aliphatic rings.